The third kappa shape index (κ3) is 2.34. The van der Waals surface area contributed by atoms with Gasteiger partial charge in [-0.25, -0.2) is 0 Å². The van der Waals surface area contributed by atoms with Crippen molar-refractivity contribution in [1.29, 1.82) is 0 Å². The van der Waals surface area contributed by atoms with E-state index in [1.165, 1.54) is 9.80 Å². The Morgan fingerprint density at radius 1 is 1.21 bits per heavy atom. The molecule has 1 aromatic carbocycles. The summed E-state index contributed by atoms with van der Waals surface area (Å²) < 4.78 is 0. The number of carbonyl (C=O) groups excluding carboxylic acids is 3. The Morgan fingerprint density at radius 2 is 1.89 bits per heavy atom. The topological polar surface area (TPSA) is 83.7 Å². The number of amides is 2. The third-order valence-electron chi connectivity index (χ3n) is 3.11. The maximum absolute atomic E-state index is 12.0. The summed E-state index contributed by atoms with van der Waals surface area (Å²) in [5, 5.41) is 0. The molecule has 1 fully saturated rings. The zero-order valence-electron chi connectivity index (χ0n) is 10.6. The molecule has 0 unspecified atom stereocenters. The van der Waals surface area contributed by atoms with Gasteiger partial charge in [0.2, 0.25) is 0 Å². The van der Waals surface area contributed by atoms with E-state index in [1.54, 1.807) is 31.3 Å². The quantitative estimate of drug-likeness (QED) is 0.594. The fraction of sp³-hybridized carbons (Fsp3) is 0.308. The molecule has 0 aliphatic carbocycles. The monoisotopic (exact) mass is 261 g/mol. The summed E-state index contributed by atoms with van der Waals surface area (Å²) in [4.78, 5) is 38.2. The van der Waals surface area contributed by atoms with E-state index in [0.29, 0.717) is 24.3 Å². The first-order valence-corrected chi connectivity index (χ1v) is 5.95. The molecule has 0 atom stereocenters. The van der Waals surface area contributed by atoms with E-state index >= 15 is 0 Å². The summed E-state index contributed by atoms with van der Waals surface area (Å²) >= 11 is 0. The lowest BCUT2D eigenvalue weighted by atomic mass is 10.1. The highest BCUT2D eigenvalue weighted by Gasteiger charge is 2.32. The molecule has 1 heterocycles. The Morgan fingerprint density at radius 3 is 2.58 bits per heavy atom. The number of anilines is 1. The van der Waals surface area contributed by atoms with Crippen LogP contribution in [0.3, 0.4) is 0 Å². The predicted octanol–water partition coefficient (Wildman–Crippen LogP) is -0.367. The van der Waals surface area contributed by atoms with Gasteiger partial charge in [-0.1, -0.05) is 12.1 Å². The van der Waals surface area contributed by atoms with Gasteiger partial charge in [-0.3, -0.25) is 14.4 Å². The zero-order chi connectivity index (χ0) is 14.0. The average Bonchev–Trinajstić information content (AvgIpc) is 2.44. The van der Waals surface area contributed by atoms with Gasteiger partial charge in [0.15, 0.2) is 5.78 Å². The molecule has 2 amide bonds. The summed E-state index contributed by atoms with van der Waals surface area (Å²) in [6.45, 7) is 0.679. The molecule has 2 rings (SSSR count). The second-order valence-corrected chi connectivity index (χ2v) is 4.33. The molecule has 100 valence electrons. The van der Waals surface area contributed by atoms with Crippen LogP contribution in [0, 0.1) is 0 Å². The fourth-order valence-electron chi connectivity index (χ4n) is 2.02. The number of benzene rings is 1. The summed E-state index contributed by atoms with van der Waals surface area (Å²) in [5.74, 6) is -1.44. The van der Waals surface area contributed by atoms with Gasteiger partial charge in [-0.15, -0.1) is 0 Å². The van der Waals surface area contributed by atoms with Crippen LogP contribution < -0.4 is 10.6 Å². The fourth-order valence-corrected chi connectivity index (χ4v) is 2.02. The van der Waals surface area contributed by atoms with Crippen molar-refractivity contribution >= 4 is 23.3 Å². The van der Waals surface area contributed by atoms with Crippen LogP contribution in [0.4, 0.5) is 5.69 Å². The van der Waals surface area contributed by atoms with Crippen molar-refractivity contribution in [2.24, 2.45) is 5.73 Å². The summed E-state index contributed by atoms with van der Waals surface area (Å²) in [6.07, 6.45) is 0. The number of rotatable bonds is 3. The molecule has 0 aromatic heterocycles. The number of hydrogen-bond acceptors (Lipinski definition) is 4. The van der Waals surface area contributed by atoms with Crippen molar-refractivity contribution < 1.29 is 14.4 Å². The Bertz CT molecular complexity index is 542. The van der Waals surface area contributed by atoms with Gasteiger partial charge in [0.05, 0.1) is 12.2 Å². The first-order valence-electron chi connectivity index (χ1n) is 5.95. The highest BCUT2D eigenvalue weighted by atomic mass is 16.2. The number of Topliss-reactive ketones (excluding diaryl/α,β-unsaturated/α-hetero) is 1. The summed E-state index contributed by atoms with van der Waals surface area (Å²) in [7, 11) is 1.58. The minimum atomic E-state index is -0.619. The van der Waals surface area contributed by atoms with Crippen LogP contribution in [0.1, 0.15) is 10.4 Å². The van der Waals surface area contributed by atoms with E-state index in [2.05, 4.69) is 0 Å². The van der Waals surface area contributed by atoms with Crippen molar-refractivity contribution in [3.05, 3.63) is 29.8 Å². The van der Waals surface area contributed by atoms with Gasteiger partial charge in [0.1, 0.15) is 0 Å². The Labute approximate surface area is 110 Å². The number of likely N-dealkylation sites (N-methyl/N-ethyl adjacent to an activating group) is 1. The lowest BCUT2D eigenvalue weighted by Gasteiger charge is -2.32. The molecule has 6 heteroatoms. The Hall–Kier alpha value is -2.21. The van der Waals surface area contributed by atoms with Gasteiger partial charge in [0, 0.05) is 25.7 Å². The predicted molar refractivity (Wildman–Crippen MR) is 69.8 cm³/mol. The van der Waals surface area contributed by atoms with E-state index in [1.807, 2.05) is 0 Å². The summed E-state index contributed by atoms with van der Waals surface area (Å²) in [5.41, 5.74) is 6.18. The molecular formula is C13H15N3O3. The number of carbonyl (C=O) groups is 3. The van der Waals surface area contributed by atoms with Gasteiger partial charge < -0.3 is 15.5 Å². The second kappa shape index (κ2) is 5.19. The largest absolute Gasteiger partial charge is 0.336 e. The molecule has 1 saturated heterocycles. The molecule has 0 radical (unpaired) electrons. The lowest BCUT2D eigenvalue weighted by Crippen LogP contribution is -2.53. The van der Waals surface area contributed by atoms with Gasteiger partial charge >= 0.3 is 11.8 Å². The molecular weight excluding hydrogens is 246 g/mol. The number of para-hydroxylation sites is 1. The van der Waals surface area contributed by atoms with Crippen LogP contribution in [0.15, 0.2) is 24.3 Å². The third-order valence-corrected chi connectivity index (χ3v) is 3.11. The molecule has 2 N–H and O–H groups in total. The number of ketones is 1. The van der Waals surface area contributed by atoms with Crippen LogP contribution in [-0.4, -0.2) is 49.2 Å². The number of nitrogens with zero attached hydrogens (tertiary/aromatic N) is 2. The summed E-state index contributed by atoms with van der Waals surface area (Å²) in [6, 6.07) is 6.69. The van der Waals surface area contributed by atoms with Crippen LogP contribution >= 0.6 is 0 Å². The Kier molecular flexibility index (Phi) is 3.62. The number of hydrogen-bond donors (Lipinski definition) is 1. The van der Waals surface area contributed by atoms with Gasteiger partial charge in [-0.05, 0) is 12.1 Å². The maximum Gasteiger partial charge on any atom is 0.316 e. The molecule has 0 spiro atoms. The highest BCUT2D eigenvalue weighted by molar-refractivity contribution is 6.41. The molecule has 0 saturated carbocycles. The van der Waals surface area contributed by atoms with Crippen molar-refractivity contribution in [2.45, 2.75) is 0 Å². The van der Waals surface area contributed by atoms with E-state index < -0.39 is 11.8 Å². The molecule has 1 aromatic rings. The average molecular weight is 261 g/mol. The molecule has 1 aliphatic heterocycles. The molecule has 19 heavy (non-hydrogen) atoms. The van der Waals surface area contributed by atoms with Crippen molar-refractivity contribution in [3.8, 4) is 0 Å². The smallest absolute Gasteiger partial charge is 0.316 e. The zero-order valence-corrected chi connectivity index (χ0v) is 10.6. The van der Waals surface area contributed by atoms with Crippen molar-refractivity contribution in [3.63, 3.8) is 0 Å². The first kappa shape index (κ1) is 13.2. The Balaban J connectivity index is 2.40. The number of nitrogens with two attached hydrogens (primary N) is 1. The van der Waals surface area contributed by atoms with Crippen LogP contribution in [-0.2, 0) is 9.59 Å². The van der Waals surface area contributed by atoms with E-state index in [4.69, 9.17) is 5.73 Å². The standard InChI is InChI=1S/C13H15N3O3/c1-15-6-7-16(13(19)12(15)18)10-5-3-2-4-9(10)11(17)8-14/h2-5H,6-8,14H2,1H3. The van der Waals surface area contributed by atoms with Crippen molar-refractivity contribution in [1.82, 2.24) is 4.90 Å². The highest BCUT2D eigenvalue weighted by Crippen LogP contribution is 2.22. The van der Waals surface area contributed by atoms with Crippen LogP contribution in [0.2, 0.25) is 0 Å². The van der Waals surface area contributed by atoms with Gasteiger partial charge in [-0.2, -0.15) is 0 Å². The van der Waals surface area contributed by atoms with Crippen molar-refractivity contribution in [2.75, 3.05) is 31.6 Å². The minimum absolute atomic E-state index is 0.132. The normalized spacial score (nSPS) is 15.9. The first-order chi connectivity index (χ1) is 9.06. The molecule has 0 bridgehead atoms. The maximum atomic E-state index is 12.0. The SMILES string of the molecule is CN1CCN(c2ccccc2C(=O)CN)C(=O)C1=O. The minimum Gasteiger partial charge on any atom is -0.336 e. The van der Waals surface area contributed by atoms with Gasteiger partial charge in [0.25, 0.3) is 0 Å². The second-order valence-electron chi connectivity index (χ2n) is 4.33. The van der Waals surface area contributed by atoms with E-state index in [0.717, 1.165) is 0 Å². The number of piperazine rings is 1. The van der Waals surface area contributed by atoms with E-state index in [9.17, 15) is 14.4 Å². The molecule has 1 aliphatic rings. The van der Waals surface area contributed by atoms with Crippen LogP contribution in [0.25, 0.3) is 0 Å². The molecule has 6 nitrogen and oxygen atoms in total. The van der Waals surface area contributed by atoms with E-state index in [-0.39, 0.29) is 12.3 Å². The van der Waals surface area contributed by atoms with Crippen LogP contribution in [0.5, 0.6) is 0 Å². The lowest BCUT2D eigenvalue weighted by molar-refractivity contribution is -0.145.